The summed E-state index contributed by atoms with van der Waals surface area (Å²) in [6, 6.07) is -0.440. The van der Waals surface area contributed by atoms with Gasteiger partial charge < -0.3 is 28.4 Å². The van der Waals surface area contributed by atoms with Crippen molar-refractivity contribution >= 4 is 29.5 Å². The largest absolute Gasteiger partial charge is 0.378 e. The van der Waals surface area contributed by atoms with Gasteiger partial charge in [0.15, 0.2) is 0 Å². The molecule has 7 nitrogen and oxygen atoms in total. The molecule has 6 bridgehead atoms. The average Bonchev–Trinajstić information content (AvgIpc) is 3.22. The van der Waals surface area contributed by atoms with Crippen LogP contribution in [0.25, 0.3) is 0 Å². The minimum absolute atomic E-state index is 0. The molecule has 0 aliphatic carbocycles. The van der Waals surface area contributed by atoms with Crippen LogP contribution in [-0.2, 0) is 33.2 Å². The molecule has 0 aromatic carbocycles. The summed E-state index contributed by atoms with van der Waals surface area (Å²) in [5.41, 5.74) is -0.187. The Hall–Kier alpha value is -0.595. The Kier molecular flexibility index (Phi) is 19.3. The van der Waals surface area contributed by atoms with E-state index in [0.29, 0.717) is 29.6 Å². The van der Waals surface area contributed by atoms with Crippen molar-refractivity contribution < 1.29 is 33.2 Å². The molecule has 0 spiro atoms. The predicted octanol–water partition coefficient (Wildman–Crippen LogP) is 5.91. The van der Waals surface area contributed by atoms with Gasteiger partial charge in [0.25, 0.3) is 0 Å². The Balaban J connectivity index is 0. The van der Waals surface area contributed by atoms with E-state index in [1.54, 1.807) is 0 Å². The summed E-state index contributed by atoms with van der Waals surface area (Å²) < 4.78 is 34.2. The molecule has 6 aliphatic heterocycles. The fourth-order valence-electron chi connectivity index (χ4n) is 7.81. The van der Waals surface area contributed by atoms with Gasteiger partial charge in [-0.1, -0.05) is 71.2 Å². The summed E-state index contributed by atoms with van der Waals surface area (Å²) in [7, 11) is 17.6. The molecule has 6 radical (unpaired) electrons. The number of ether oxygens (including phenoxy) is 6. The third-order valence-corrected chi connectivity index (χ3v) is 10.9. The molecule has 252 valence electrons. The van der Waals surface area contributed by atoms with E-state index in [2.05, 4.69) is 55.0 Å². The van der Waals surface area contributed by atoms with Crippen LogP contribution in [0.2, 0.25) is 0 Å². The van der Waals surface area contributed by atoms with E-state index < -0.39 is 0 Å². The van der Waals surface area contributed by atoms with Gasteiger partial charge >= 0.3 is 0 Å². The summed E-state index contributed by atoms with van der Waals surface area (Å²) in [6.45, 7) is 20.9. The highest BCUT2D eigenvalue weighted by Gasteiger charge is 2.56. The maximum atomic E-state index is 8.57. The van der Waals surface area contributed by atoms with Crippen LogP contribution in [0.3, 0.4) is 0 Å². The fraction of sp³-hybridized carbons (Fsp3) is 0.941. The van der Waals surface area contributed by atoms with E-state index in [9.17, 15) is 0 Å². The third-order valence-electron chi connectivity index (χ3n) is 10.9. The van der Waals surface area contributed by atoms with Gasteiger partial charge in [-0.2, -0.15) is 0 Å². The average molecular weight is 618 g/mol. The quantitative estimate of drug-likeness (QED) is 0.288. The Morgan fingerprint density at radius 3 is 1.73 bits per heavy atom. The summed E-state index contributed by atoms with van der Waals surface area (Å²) in [4.78, 5) is 8.57. The van der Waals surface area contributed by atoms with Gasteiger partial charge in [0, 0.05) is 48.8 Å². The van der Waals surface area contributed by atoms with Gasteiger partial charge in [0.2, 0.25) is 0 Å². The van der Waals surface area contributed by atoms with Crippen molar-refractivity contribution in [3.05, 3.63) is 6.58 Å². The Morgan fingerprint density at radius 1 is 0.727 bits per heavy atom. The maximum absolute atomic E-state index is 8.57. The van der Waals surface area contributed by atoms with E-state index in [0.717, 1.165) is 52.1 Å². The highest BCUT2D eigenvalue weighted by molar-refractivity contribution is 6.12. The second kappa shape index (κ2) is 18.7. The first-order chi connectivity index (χ1) is 18.9. The highest BCUT2D eigenvalue weighted by atomic mass is 16.6. The van der Waals surface area contributed by atoms with Gasteiger partial charge in [0.1, 0.15) is 29.5 Å². The van der Waals surface area contributed by atoms with E-state index in [-0.39, 0.29) is 76.7 Å². The van der Waals surface area contributed by atoms with Crippen LogP contribution < -0.4 is 0 Å². The number of rotatable bonds is 3. The molecular weight excluding hydrogens is 553 g/mol. The molecule has 13 atom stereocenters. The van der Waals surface area contributed by atoms with Crippen molar-refractivity contribution in [3.8, 4) is 0 Å². The van der Waals surface area contributed by atoms with E-state index in [1.165, 1.54) is 5.94 Å². The topological polar surface area (TPSA) is 72.5 Å². The first-order valence-corrected chi connectivity index (χ1v) is 15.2. The zero-order valence-corrected chi connectivity index (χ0v) is 25.7. The molecule has 10 heteroatoms. The molecule has 0 aromatic rings. The molecule has 6 heterocycles. The zero-order valence-electron chi connectivity index (χ0n) is 25.7. The number of hydrogen-bond acceptors (Lipinski definition) is 7. The lowest BCUT2D eigenvalue weighted by Crippen LogP contribution is -2.50. The summed E-state index contributed by atoms with van der Waals surface area (Å²) in [5, 5.41) is 0. The maximum Gasteiger partial charge on any atom is 0.116 e. The monoisotopic (exact) mass is 619 g/mol. The summed E-state index contributed by atoms with van der Waals surface area (Å²) >= 11 is 0. The SMILES string of the molecule is C.C.C.C.C=C=O.[B][C@@H]1O[C@@]2(CC)CCO[C@H]1C2C.[B][C@@H]1O[C@@]2(CC)COC[C@H]1C2C.[B][C@@H]1O[C@]2(CC)C(C)[C@@H]1CO[C@H]2C. The van der Waals surface area contributed by atoms with Gasteiger partial charge in [-0.15, -0.1) is 0 Å². The van der Waals surface area contributed by atoms with E-state index in [4.69, 9.17) is 56.8 Å². The molecule has 3 unspecified atom stereocenters. The third kappa shape index (κ3) is 8.27. The Morgan fingerprint density at radius 2 is 1.25 bits per heavy atom. The smallest absolute Gasteiger partial charge is 0.116 e. The molecule has 0 aromatic heterocycles. The Labute approximate surface area is 275 Å². The molecule has 6 aliphatic rings. The number of hydrogen-bond donors (Lipinski definition) is 0. The molecule has 0 amide bonds. The molecule has 6 rings (SSSR count). The Bertz CT molecular complexity index is 821. The molecule has 0 saturated carbocycles. The van der Waals surface area contributed by atoms with Crippen LogP contribution in [0.4, 0.5) is 0 Å². The molecule has 6 saturated heterocycles. The number of fused-ring (bicyclic) bond motifs is 6. The summed E-state index contributed by atoms with van der Waals surface area (Å²) in [6.07, 6.45) is 4.32. The molecule has 44 heavy (non-hydrogen) atoms. The molecule has 6 fully saturated rings. The van der Waals surface area contributed by atoms with Crippen molar-refractivity contribution in [3.63, 3.8) is 0 Å². The van der Waals surface area contributed by atoms with Crippen LogP contribution in [0.5, 0.6) is 0 Å². The number of carbonyl (C=O) groups excluding carboxylic acids is 1. The first kappa shape index (κ1) is 45.5. The van der Waals surface area contributed by atoms with Crippen molar-refractivity contribution in [2.24, 2.45) is 29.6 Å². The minimum atomic E-state index is -0.206. The molecule has 0 N–H and O–H groups in total. The summed E-state index contributed by atoms with van der Waals surface area (Å²) in [5.74, 6) is 3.56. The van der Waals surface area contributed by atoms with Crippen molar-refractivity contribution in [2.75, 3.05) is 26.4 Å². The van der Waals surface area contributed by atoms with Gasteiger partial charge in [0.05, 0.1) is 48.8 Å². The minimum Gasteiger partial charge on any atom is -0.378 e. The van der Waals surface area contributed by atoms with Crippen LogP contribution in [0.1, 0.15) is 104 Å². The van der Waals surface area contributed by atoms with Gasteiger partial charge in [-0.05, 0) is 44.6 Å². The molecular formula is C34H65B3O7. The van der Waals surface area contributed by atoms with Crippen LogP contribution in [0.15, 0.2) is 6.58 Å². The standard InChI is InChI=1S/C10H17BO2.2C9H15BO2.C2H2O.4CH4/c1-4-10-6(2)8(9(11)13-10)5-12-7(10)3;1-3-9-5-11-4-7(6(9)2)8(10)12-9;1-3-9-4-5-11-7(6(9)2)8(10)12-9;1-2-3;;;;/h6-9H,4-5H2,1-3H3;2*6-8H,3-5H2,1-2H3;1H2;4*1H4/t6?,7-,8-,9+,10+;2*6?,7-,8+,9-;;;;;/m000...../s1. The highest BCUT2D eigenvalue weighted by Crippen LogP contribution is 2.48. The van der Waals surface area contributed by atoms with Crippen LogP contribution in [0, 0.1) is 29.6 Å². The van der Waals surface area contributed by atoms with Crippen LogP contribution in [-0.4, -0.2) is 103 Å². The predicted molar refractivity (Wildman–Crippen MR) is 184 cm³/mol. The van der Waals surface area contributed by atoms with Gasteiger partial charge in [-0.3, -0.25) is 0 Å². The van der Waals surface area contributed by atoms with Crippen LogP contribution >= 0.6 is 0 Å². The lowest BCUT2D eigenvalue weighted by Gasteiger charge is -2.41. The first-order valence-electron chi connectivity index (χ1n) is 15.2. The zero-order chi connectivity index (χ0) is 29.9. The fourth-order valence-corrected chi connectivity index (χ4v) is 7.81. The van der Waals surface area contributed by atoms with E-state index in [1.807, 2.05) is 0 Å². The van der Waals surface area contributed by atoms with Gasteiger partial charge in [-0.25, -0.2) is 4.79 Å². The van der Waals surface area contributed by atoms with E-state index >= 15 is 0 Å². The lowest BCUT2D eigenvalue weighted by molar-refractivity contribution is -0.145. The normalized spacial score (nSPS) is 45.2. The second-order valence-electron chi connectivity index (χ2n) is 12.3. The van der Waals surface area contributed by atoms with Crippen molar-refractivity contribution in [1.29, 1.82) is 0 Å². The lowest BCUT2D eigenvalue weighted by atomic mass is 9.72. The van der Waals surface area contributed by atoms with Crippen molar-refractivity contribution in [2.45, 2.75) is 151 Å². The second-order valence-corrected chi connectivity index (χ2v) is 12.3. The van der Waals surface area contributed by atoms with Crippen molar-refractivity contribution in [1.82, 2.24) is 0 Å².